The van der Waals surface area contributed by atoms with Gasteiger partial charge in [0.05, 0.1) is 23.7 Å². The first-order chi connectivity index (χ1) is 19.6. The van der Waals surface area contributed by atoms with Crippen molar-refractivity contribution in [1.82, 2.24) is 19.8 Å². The zero-order valence-electron chi connectivity index (χ0n) is 23.4. The third-order valence-corrected chi connectivity index (χ3v) is 8.84. The number of amides is 2. The number of aromatic amines is 1. The van der Waals surface area contributed by atoms with Crippen molar-refractivity contribution < 1.29 is 14.4 Å². The number of fused-ring (bicyclic) bond motifs is 3. The van der Waals surface area contributed by atoms with Crippen molar-refractivity contribution in [2.24, 2.45) is 11.3 Å². The zero-order chi connectivity index (χ0) is 28.9. The predicted octanol–water partition coefficient (Wildman–Crippen LogP) is 6.24. The van der Waals surface area contributed by atoms with E-state index in [9.17, 15) is 14.4 Å². The van der Waals surface area contributed by atoms with Gasteiger partial charge in [0.15, 0.2) is 5.78 Å². The summed E-state index contributed by atoms with van der Waals surface area (Å²) < 4.78 is 0. The molecule has 7 nitrogen and oxygen atoms in total. The van der Waals surface area contributed by atoms with Crippen LogP contribution < -0.4 is 0 Å². The quantitative estimate of drug-likeness (QED) is 0.279. The Labute approximate surface area is 244 Å². The number of Topliss-reactive ketones (excluding diaryl/α,β-unsaturated/α-hetero) is 1. The standard InChI is InChI=1S/C33H33ClN4O3/c1-33(2,3)25(16-30(39)29-14-20-8-4-7-11-27(20)36-29)31(40)37-18-23-15-22(37)19-38(23)32(41)28-13-12-21(17-35-28)24-9-5-6-10-26(24)34/h4-14,17,22-23,25,36H,15-16,18-19H2,1-3H3/t22-,23-,25+/m0/s1. The van der Waals surface area contributed by atoms with Gasteiger partial charge in [-0.05, 0) is 36.1 Å². The number of aromatic nitrogens is 2. The Morgan fingerprint density at radius 1 is 0.976 bits per heavy atom. The molecule has 2 aromatic heterocycles. The van der Waals surface area contributed by atoms with Crippen molar-refractivity contribution in [1.29, 1.82) is 0 Å². The van der Waals surface area contributed by atoms with Gasteiger partial charge in [0.25, 0.3) is 5.91 Å². The van der Waals surface area contributed by atoms with Crippen LogP contribution in [0.1, 0.15) is 54.6 Å². The first-order valence-electron chi connectivity index (χ1n) is 14.0. The van der Waals surface area contributed by atoms with Gasteiger partial charge in [-0.25, -0.2) is 0 Å². The summed E-state index contributed by atoms with van der Waals surface area (Å²) in [5.74, 6) is -0.675. The zero-order valence-corrected chi connectivity index (χ0v) is 24.2. The van der Waals surface area contributed by atoms with E-state index in [1.54, 1.807) is 12.3 Å². The van der Waals surface area contributed by atoms with E-state index in [0.29, 0.717) is 29.5 Å². The van der Waals surface area contributed by atoms with E-state index in [0.717, 1.165) is 28.5 Å². The lowest BCUT2D eigenvalue weighted by Gasteiger charge is -2.39. The van der Waals surface area contributed by atoms with Crippen LogP contribution in [0.25, 0.3) is 22.0 Å². The SMILES string of the molecule is CC(C)(C)[C@H](CC(=O)c1cc2ccccc2[nH]1)C(=O)N1C[C@@H]2C[C@H]1CN2C(=O)c1ccc(-c2ccccc2Cl)cn1. The molecule has 2 aliphatic heterocycles. The van der Waals surface area contributed by atoms with Crippen LogP contribution in [0.3, 0.4) is 0 Å². The normalized spacial score (nSPS) is 19.1. The molecule has 2 fully saturated rings. The lowest BCUT2D eigenvalue weighted by atomic mass is 9.76. The van der Waals surface area contributed by atoms with Crippen LogP contribution >= 0.6 is 11.6 Å². The minimum Gasteiger partial charge on any atom is -0.352 e. The molecule has 0 aliphatic carbocycles. The molecular weight excluding hydrogens is 536 g/mol. The van der Waals surface area contributed by atoms with Gasteiger partial charge in [0, 0.05) is 52.8 Å². The van der Waals surface area contributed by atoms with Crippen molar-refractivity contribution in [3.05, 3.63) is 89.3 Å². The van der Waals surface area contributed by atoms with Crippen LogP contribution in [0.15, 0.2) is 72.9 Å². The number of para-hydroxylation sites is 1. The van der Waals surface area contributed by atoms with Crippen molar-refractivity contribution in [2.45, 2.75) is 45.7 Å². The second-order valence-electron chi connectivity index (χ2n) is 12.2. The number of halogens is 1. The lowest BCUT2D eigenvalue weighted by molar-refractivity contribution is -0.141. The number of likely N-dealkylation sites (tertiary alicyclic amines) is 2. The van der Waals surface area contributed by atoms with Gasteiger partial charge in [-0.15, -0.1) is 0 Å². The molecule has 3 atom stereocenters. The Balaban J connectivity index is 1.13. The molecule has 4 heterocycles. The highest BCUT2D eigenvalue weighted by Crippen LogP contribution is 2.38. The largest absolute Gasteiger partial charge is 0.352 e. The van der Waals surface area contributed by atoms with Gasteiger partial charge in [-0.3, -0.25) is 19.4 Å². The van der Waals surface area contributed by atoms with E-state index in [2.05, 4.69) is 9.97 Å². The molecule has 0 unspecified atom stereocenters. The maximum atomic E-state index is 13.9. The highest BCUT2D eigenvalue weighted by molar-refractivity contribution is 6.33. The molecule has 4 aromatic rings. The lowest BCUT2D eigenvalue weighted by Crippen LogP contribution is -2.53. The number of carbonyl (C=O) groups excluding carboxylic acids is 3. The smallest absolute Gasteiger partial charge is 0.272 e. The fourth-order valence-electron chi connectivity index (χ4n) is 6.19. The fourth-order valence-corrected chi connectivity index (χ4v) is 6.44. The number of H-pyrrole nitrogens is 1. The Morgan fingerprint density at radius 3 is 2.34 bits per heavy atom. The number of benzene rings is 2. The molecule has 2 amide bonds. The Bertz CT molecular complexity index is 1610. The Morgan fingerprint density at radius 2 is 1.68 bits per heavy atom. The van der Waals surface area contributed by atoms with Crippen molar-refractivity contribution in [3.63, 3.8) is 0 Å². The number of rotatable bonds is 6. The maximum Gasteiger partial charge on any atom is 0.272 e. The van der Waals surface area contributed by atoms with Crippen LogP contribution in [0.2, 0.25) is 5.02 Å². The van der Waals surface area contributed by atoms with E-state index in [4.69, 9.17) is 11.6 Å². The van der Waals surface area contributed by atoms with Gasteiger partial charge < -0.3 is 14.8 Å². The minimum absolute atomic E-state index is 0.0104. The molecule has 8 heteroatoms. The van der Waals surface area contributed by atoms with Crippen LogP contribution in [0, 0.1) is 11.3 Å². The number of pyridine rings is 1. The van der Waals surface area contributed by atoms with Crippen molar-refractivity contribution >= 4 is 40.1 Å². The molecular formula is C33H33ClN4O3. The fraction of sp³-hybridized carbons (Fsp3) is 0.333. The summed E-state index contributed by atoms with van der Waals surface area (Å²) in [7, 11) is 0. The van der Waals surface area contributed by atoms with Gasteiger partial charge in [0.2, 0.25) is 5.91 Å². The maximum absolute atomic E-state index is 13.9. The average Bonchev–Trinajstić information content (AvgIpc) is 3.69. The molecule has 0 spiro atoms. The number of hydrogen-bond donors (Lipinski definition) is 1. The van der Waals surface area contributed by atoms with E-state index in [1.165, 1.54) is 0 Å². The Kier molecular flexibility index (Phi) is 6.94. The van der Waals surface area contributed by atoms with E-state index in [1.807, 2.05) is 91.2 Å². The number of hydrogen-bond acceptors (Lipinski definition) is 4. The van der Waals surface area contributed by atoms with Crippen LogP contribution in [0.4, 0.5) is 0 Å². The number of carbonyl (C=O) groups is 3. The topological polar surface area (TPSA) is 86.4 Å². The van der Waals surface area contributed by atoms with Crippen LogP contribution in [0.5, 0.6) is 0 Å². The molecule has 2 saturated heterocycles. The molecule has 1 N–H and O–H groups in total. The number of ketones is 1. The first-order valence-corrected chi connectivity index (χ1v) is 14.4. The predicted molar refractivity (Wildman–Crippen MR) is 160 cm³/mol. The monoisotopic (exact) mass is 568 g/mol. The number of piperazine rings is 1. The summed E-state index contributed by atoms with van der Waals surface area (Å²) in [6.07, 6.45) is 2.55. The molecule has 2 aliphatic rings. The third-order valence-electron chi connectivity index (χ3n) is 8.52. The summed E-state index contributed by atoms with van der Waals surface area (Å²) in [5, 5.41) is 1.61. The molecule has 0 radical (unpaired) electrons. The van der Waals surface area contributed by atoms with Crippen LogP contribution in [-0.2, 0) is 4.79 Å². The summed E-state index contributed by atoms with van der Waals surface area (Å²) in [5.41, 5.74) is 3.13. The molecule has 2 bridgehead atoms. The average molecular weight is 569 g/mol. The van der Waals surface area contributed by atoms with Gasteiger partial charge in [0.1, 0.15) is 5.69 Å². The number of nitrogens with one attached hydrogen (secondary N) is 1. The van der Waals surface area contributed by atoms with Crippen molar-refractivity contribution in [2.75, 3.05) is 13.1 Å². The van der Waals surface area contributed by atoms with E-state index < -0.39 is 11.3 Å². The first kappa shape index (κ1) is 27.2. The second-order valence-corrected chi connectivity index (χ2v) is 12.6. The third kappa shape index (κ3) is 5.15. The van der Waals surface area contributed by atoms with Crippen molar-refractivity contribution in [3.8, 4) is 11.1 Å². The van der Waals surface area contributed by atoms with Gasteiger partial charge >= 0.3 is 0 Å². The second kappa shape index (κ2) is 10.5. The minimum atomic E-state index is -0.469. The number of nitrogens with zero attached hydrogens (tertiary/aromatic N) is 3. The highest BCUT2D eigenvalue weighted by atomic mass is 35.5. The molecule has 210 valence electrons. The molecule has 41 heavy (non-hydrogen) atoms. The molecule has 6 rings (SSSR count). The van der Waals surface area contributed by atoms with E-state index in [-0.39, 0.29) is 36.1 Å². The van der Waals surface area contributed by atoms with E-state index >= 15 is 0 Å². The summed E-state index contributed by atoms with van der Waals surface area (Å²) in [6.45, 7) is 6.97. The van der Waals surface area contributed by atoms with Gasteiger partial charge in [-0.1, -0.05) is 74.8 Å². The summed E-state index contributed by atoms with van der Waals surface area (Å²) in [4.78, 5) is 52.0. The molecule has 2 aromatic carbocycles. The van der Waals surface area contributed by atoms with Gasteiger partial charge in [-0.2, -0.15) is 0 Å². The van der Waals surface area contributed by atoms with Crippen LogP contribution in [-0.4, -0.2) is 62.5 Å². The molecule has 0 saturated carbocycles. The highest BCUT2D eigenvalue weighted by Gasteiger charge is 2.50. The summed E-state index contributed by atoms with van der Waals surface area (Å²) in [6, 6.07) is 20.6. The summed E-state index contributed by atoms with van der Waals surface area (Å²) >= 11 is 6.32. The Hall–Kier alpha value is -3.97.